The fourth-order valence-corrected chi connectivity index (χ4v) is 3.68. The minimum absolute atomic E-state index is 0.579. The Morgan fingerprint density at radius 1 is 1.35 bits per heavy atom. The summed E-state index contributed by atoms with van der Waals surface area (Å²) in [5.41, 5.74) is 1.11. The van der Waals surface area contributed by atoms with Crippen LogP contribution in [0.3, 0.4) is 0 Å². The van der Waals surface area contributed by atoms with Crippen LogP contribution in [0.15, 0.2) is 22.7 Å². The smallest absolute Gasteiger partial charge is 0.142 e. The Hall–Kier alpha value is -0.700. The molecule has 1 aromatic carbocycles. The lowest BCUT2D eigenvalue weighted by atomic mass is 9.81. The molecule has 1 fully saturated rings. The summed E-state index contributed by atoms with van der Waals surface area (Å²) in [6, 6.07) is 6.73. The number of anilines is 1. The predicted molar refractivity (Wildman–Crippen MR) is 89.5 cm³/mol. The van der Waals surface area contributed by atoms with Gasteiger partial charge in [-0.1, -0.05) is 42.6 Å². The van der Waals surface area contributed by atoms with Crippen molar-refractivity contribution >= 4 is 21.6 Å². The Balaban J connectivity index is 2.00. The maximum absolute atomic E-state index is 5.45. The molecule has 1 saturated carbocycles. The molecule has 0 bridgehead atoms. The van der Waals surface area contributed by atoms with Crippen molar-refractivity contribution < 1.29 is 4.74 Å². The number of rotatable bonds is 5. The third-order valence-corrected chi connectivity index (χ3v) is 4.60. The van der Waals surface area contributed by atoms with E-state index in [2.05, 4.69) is 41.2 Å². The summed E-state index contributed by atoms with van der Waals surface area (Å²) in [5, 5.41) is 3.69. The molecule has 2 atom stereocenters. The molecule has 3 heteroatoms. The number of benzene rings is 1. The minimum atomic E-state index is 0.579. The maximum atomic E-state index is 5.45. The highest BCUT2D eigenvalue weighted by Gasteiger charge is 2.23. The van der Waals surface area contributed by atoms with Crippen molar-refractivity contribution in [1.82, 2.24) is 0 Å². The van der Waals surface area contributed by atoms with Gasteiger partial charge in [-0.05, 0) is 49.3 Å². The molecule has 0 spiro atoms. The molecule has 1 N–H and O–H groups in total. The maximum Gasteiger partial charge on any atom is 0.142 e. The summed E-state index contributed by atoms with van der Waals surface area (Å²) < 4.78 is 6.54. The molecular weight excluding hydrogens is 314 g/mol. The first-order chi connectivity index (χ1) is 9.58. The predicted octanol–water partition coefficient (Wildman–Crippen LogP) is 5.47. The van der Waals surface area contributed by atoms with Crippen LogP contribution < -0.4 is 10.1 Å². The molecule has 1 aromatic rings. The van der Waals surface area contributed by atoms with Crippen LogP contribution in [0.1, 0.15) is 46.0 Å². The zero-order chi connectivity index (χ0) is 14.5. The van der Waals surface area contributed by atoms with Crippen LogP contribution in [-0.4, -0.2) is 13.2 Å². The third kappa shape index (κ3) is 4.41. The normalized spacial score (nSPS) is 22.9. The van der Waals surface area contributed by atoms with Crippen molar-refractivity contribution in [2.45, 2.75) is 52.0 Å². The van der Waals surface area contributed by atoms with Crippen LogP contribution in [0.4, 0.5) is 5.69 Å². The fraction of sp³-hybridized carbons (Fsp3) is 0.647. The largest absolute Gasteiger partial charge is 0.495 e. The van der Waals surface area contributed by atoms with Crippen LogP contribution in [-0.2, 0) is 0 Å². The van der Waals surface area contributed by atoms with E-state index in [0.29, 0.717) is 6.04 Å². The van der Waals surface area contributed by atoms with Gasteiger partial charge in [0.05, 0.1) is 12.8 Å². The second-order valence-electron chi connectivity index (χ2n) is 6.35. The van der Waals surface area contributed by atoms with Gasteiger partial charge in [0.2, 0.25) is 0 Å². The van der Waals surface area contributed by atoms with Crippen LogP contribution >= 0.6 is 15.9 Å². The Bertz CT molecular complexity index is 433. The van der Waals surface area contributed by atoms with Crippen molar-refractivity contribution in [2.75, 3.05) is 12.4 Å². The van der Waals surface area contributed by atoms with Gasteiger partial charge < -0.3 is 10.1 Å². The van der Waals surface area contributed by atoms with Gasteiger partial charge >= 0.3 is 0 Å². The Morgan fingerprint density at radius 3 is 2.85 bits per heavy atom. The lowest BCUT2D eigenvalue weighted by Gasteiger charge is -2.31. The third-order valence-electron chi connectivity index (χ3n) is 4.11. The molecule has 0 aliphatic heterocycles. The average Bonchev–Trinajstić information content (AvgIpc) is 2.38. The number of hydrogen-bond donors (Lipinski definition) is 1. The van der Waals surface area contributed by atoms with E-state index in [1.165, 1.54) is 32.1 Å². The number of nitrogens with one attached hydrogen (secondary N) is 1. The zero-order valence-electron chi connectivity index (χ0n) is 12.8. The quantitative estimate of drug-likeness (QED) is 0.767. The van der Waals surface area contributed by atoms with Gasteiger partial charge in [-0.3, -0.25) is 0 Å². The molecule has 0 aromatic heterocycles. The SMILES string of the molecule is COc1ccc(Br)cc1NC1CCCC(CC(C)C)C1. The molecule has 2 unspecified atom stereocenters. The lowest BCUT2D eigenvalue weighted by molar-refractivity contribution is 0.288. The van der Waals surface area contributed by atoms with Gasteiger partial charge in [-0.15, -0.1) is 0 Å². The van der Waals surface area contributed by atoms with Crippen molar-refractivity contribution in [3.05, 3.63) is 22.7 Å². The molecule has 0 heterocycles. The highest BCUT2D eigenvalue weighted by Crippen LogP contribution is 2.34. The van der Waals surface area contributed by atoms with Gasteiger partial charge in [0.25, 0.3) is 0 Å². The molecule has 20 heavy (non-hydrogen) atoms. The first-order valence-electron chi connectivity index (χ1n) is 7.68. The van der Waals surface area contributed by atoms with Crippen LogP contribution in [0, 0.1) is 11.8 Å². The number of methoxy groups -OCH3 is 1. The summed E-state index contributed by atoms with van der Waals surface area (Å²) in [5.74, 6) is 2.61. The Labute approximate surface area is 131 Å². The summed E-state index contributed by atoms with van der Waals surface area (Å²) in [6.07, 6.45) is 6.64. The minimum Gasteiger partial charge on any atom is -0.495 e. The molecule has 1 aliphatic carbocycles. The van der Waals surface area contributed by atoms with Crippen LogP contribution in [0.2, 0.25) is 0 Å². The van der Waals surface area contributed by atoms with E-state index in [1.807, 2.05) is 12.1 Å². The molecule has 2 nitrogen and oxygen atoms in total. The highest BCUT2D eigenvalue weighted by molar-refractivity contribution is 9.10. The molecule has 0 radical (unpaired) electrons. The number of halogens is 1. The fourth-order valence-electron chi connectivity index (χ4n) is 3.32. The van der Waals surface area contributed by atoms with Crippen molar-refractivity contribution in [3.63, 3.8) is 0 Å². The van der Waals surface area contributed by atoms with Crippen molar-refractivity contribution in [3.8, 4) is 5.75 Å². The summed E-state index contributed by atoms with van der Waals surface area (Å²) in [4.78, 5) is 0. The van der Waals surface area contributed by atoms with Gasteiger partial charge in [-0.2, -0.15) is 0 Å². The van der Waals surface area contributed by atoms with Gasteiger partial charge in [-0.25, -0.2) is 0 Å². The molecule has 0 saturated heterocycles. The Morgan fingerprint density at radius 2 is 2.15 bits per heavy atom. The first-order valence-corrected chi connectivity index (χ1v) is 8.48. The van der Waals surface area contributed by atoms with E-state index in [-0.39, 0.29) is 0 Å². The van der Waals surface area contributed by atoms with E-state index >= 15 is 0 Å². The molecule has 1 aliphatic rings. The van der Waals surface area contributed by atoms with E-state index in [0.717, 1.165) is 27.7 Å². The van der Waals surface area contributed by atoms with Gasteiger partial charge in [0.15, 0.2) is 0 Å². The van der Waals surface area contributed by atoms with Crippen LogP contribution in [0.5, 0.6) is 5.75 Å². The van der Waals surface area contributed by atoms with E-state index in [1.54, 1.807) is 7.11 Å². The summed E-state index contributed by atoms with van der Waals surface area (Å²) in [6.45, 7) is 4.66. The summed E-state index contributed by atoms with van der Waals surface area (Å²) in [7, 11) is 1.73. The average molecular weight is 340 g/mol. The Kier molecular flexibility index (Phi) is 5.76. The van der Waals surface area contributed by atoms with Crippen molar-refractivity contribution in [1.29, 1.82) is 0 Å². The second-order valence-corrected chi connectivity index (χ2v) is 7.26. The zero-order valence-corrected chi connectivity index (χ0v) is 14.4. The molecule has 112 valence electrons. The topological polar surface area (TPSA) is 21.3 Å². The first kappa shape index (κ1) is 15.7. The monoisotopic (exact) mass is 339 g/mol. The second kappa shape index (κ2) is 7.35. The molecule has 2 rings (SSSR count). The van der Waals surface area contributed by atoms with Crippen molar-refractivity contribution in [2.24, 2.45) is 11.8 Å². The highest BCUT2D eigenvalue weighted by atomic mass is 79.9. The molecule has 0 amide bonds. The van der Waals surface area contributed by atoms with Gasteiger partial charge in [0.1, 0.15) is 5.75 Å². The van der Waals surface area contributed by atoms with E-state index in [4.69, 9.17) is 4.74 Å². The van der Waals surface area contributed by atoms with E-state index in [9.17, 15) is 0 Å². The number of hydrogen-bond acceptors (Lipinski definition) is 2. The number of ether oxygens (including phenoxy) is 1. The van der Waals surface area contributed by atoms with Gasteiger partial charge in [0, 0.05) is 10.5 Å². The summed E-state index contributed by atoms with van der Waals surface area (Å²) >= 11 is 3.54. The standard InChI is InChI=1S/C17H26BrNO/c1-12(2)9-13-5-4-6-15(10-13)19-16-11-14(18)7-8-17(16)20-3/h7-8,11-13,15,19H,4-6,9-10H2,1-3H3. The lowest BCUT2D eigenvalue weighted by Crippen LogP contribution is -2.28. The molecular formula is C17H26BrNO. The van der Waals surface area contributed by atoms with Crippen LogP contribution in [0.25, 0.3) is 0 Å². The van der Waals surface area contributed by atoms with E-state index < -0.39 is 0 Å².